The van der Waals surface area contributed by atoms with E-state index in [9.17, 15) is 14.4 Å². The molecule has 1 aliphatic rings. The molecule has 0 aliphatic carbocycles. The molecule has 3 rings (SSSR count). The molecule has 0 aromatic heterocycles. The highest BCUT2D eigenvalue weighted by Gasteiger charge is 2.33. The molecule has 186 valence electrons. The van der Waals surface area contributed by atoms with Crippen LogP contribution in [0.3, 0.4) is 0 Å². The van der Waals surface area contributed by atoms with E-state index in [1.165, 1.54) is 4.90 Å². The zero-order valence-electron chi connectivity index (χ0n) is 20.1. The molecule has 2 aromatic rings. The minimum atomic E-state index is -0.964. The SMILES string of the molecule is CCOC(=O)CN1C(=O)C(NCC(=O)OC(C)(C)C)C=C(c2ccccc2Cl)c2cc(Cl)ccc21. The van der Waals surface area contributed by atoms with Crippen molar-refractivity contribution in [2.75, 3.05) is 24.6 Å². The average Bonchev–Trinajstić information content (AvgIpc) is 2.87. The molecule has 9 heteroatoms. The fourth-order valence-electron chi connectivity index (χ4n) is 3.70. The first-order valence-electron chi connectivity index (χ1n) is 11.2. The number of hydrogen-bond acceptors (Lipinski definition) is 6. The summed E-state index contributed by atoms with van der Waals surface area (Å²) < 4.78 is 10.5. The maximum Gasteiger partial charge on any atom is 0.326 e. The van der Waals surface area contributed by atoms with Crippen LogP contribution >= 0.6 is 23.2 Å². The number of benzene rings is 2. The third-order valence-corrected chi connectivity index (χ3v) is 5.61. The summed E-state index contributed by atoms with van der Waals surface area (Å²) in [6.07, 6.45) is 1.69. The van der Waals surface area contributed by atoms with E-state index in [0.29, 0.717) is 32.4 Å². The Bertz CT molecular complexity index is 1160. The van der Waals surface area contributed by atoms with Gasteiger partial charge in [0, 0.05) is 21.2 Å². The number of anilines is 1. The van der Waals surface area contributed by atoms with Crippen LogP contribution in [0, 0.1) is 0 Å². The molecule has 1 unspecified atom stereocenters. The van der Waals surface area contributed by atoms with E-state index in [0.717, 1.165) is 0 Å². The van der Waals surface area contributed by atoms with E-state index in [-0.39, 0.29) is 19.7 Å². The Morgan fingerprint density at radius 3 is 2.43 bits per heavy atom. The summed E-state index contributed by atoms with van der Waals surface area (Å²) in [5.41, 5.74) is 1.72. The number of hydrogen-bond donors (Lipinski definition) is 1. The normalized spacial score (nSPS) is 15.7. The Hall–Kier alpha value is -2.87. The first-order chi connectivity index (χ1) is 16.5. The van der Waals surface area contributed by atoms with Crippen molar-refractivity contribution < 1.29 is 23.9 Å². The number of esters is 2. The molecule has 1 aliphatic heterocycles. The first kappa shape index (κ1) is 26.7. The van der Waals surface area contributed by atoms with Gasteiger partial charge in [-0.15, -0.1) is 0 Å². The van der Waals surface area contributed by atoms with Gasteiger partial charge in [-0.1, -0.05) is 41.4 Å². The lowest BCUT2D eigenvalue weighted by Crippen LogP contribution is -2.49. The van der Waals surface area contributed by atoms with E-state index >= 15 is 0 Å². The third kappa shape index (κ3) is 6.84. The summed E-state index contributed by atoms with van der Waals surface area (Å²) in [6, 6.07) is 11.3. The second-order valence-corrected chi connectivity index (χ2v) is 9.74. The third-order valence-electron chi connectivity index (χ3n) is 5.05. The van der Waals surface area contributed by atoms with Gasteiger partial charge < -0.3 is 9.47 Å². The summed E-state index contributed by atoms with van der Waals surface area (Å²) in [7, 11) is 0. The smallest absolute Gasteiger partial charge is 0.326 e. The van der Waals surface area contributed by atoms with Crippen molar-refractivity contribution in [3.63, 3.8) is 0 Å². The van der Waals surface area contributed by atoms with Crippen molar-refractivity contribution in [3.8, 4) is 0 Å². The van der Waals surface area contributed by atoms with Crippen molar-refractivity contribution in [1.29, 1.82) is 0 Å². The monoisotopic (exact) mass is 518 g/mol. The Labute approximate surface area is 215 Å². The van der Waals surface area contributed by atoms with E-state index < -0.39 is 29.5 Å². The number of fused-ring (bicyclic) bond motifs is 1. The van der Waals surface area contributed by atoms with Crippen molar-refractivity contribution in [1.82, 2.24) is 5.32 Å². The number of rotatable bonds is 7. The number of ether oxygens (including phenoxy) is 2. The van der Waals surface area contributed by atoms with Crippen LogP contribution in [0.2, 0.25) is 10.0 Å². The first-order valence-corrected chi connectivity index (χ1v) is 11.9. The molecule has 0 saturated heterocycles. The second kappa shape index (κ2) is 11.2. The lowest BCUT2D eigenvalue weighted by molar-refractivity contribution is -0.153. The van der Waals surface area contributed by atoms with Crippen molar-refractivity contribution in [3.05, 3.63) is 69.7 Å². The molecule has 35 heavy (non-hydrogen) atoms. The van der Waals surface area contributed by atoms with Crippen molar-refractivity contribution in [2.45, 2.75) is 39.3 Å². The van der Waals surface area contributed by atoms with Gasteiger partial charge in [-0.25, -0.2) is 0 Å². The number of nitrogens with zero attached hydrogens (tertiary/aromatic N) is 1. The molecular formula is C26H28Cl2N2O5. The molecule has 0 spiro atoms. The summed E-state index contributed by atoms with van der Waals surface area (Å²) in [5.74, 6) is -1.51. The van der Waals surface area contributed by atoms with Gasteiger partial charge in [0.25, 0.3) is 0 Å². The van der Waals surface area contributed by atoms with Crippen molar-refractivity contribution in [2.24, 2.45) is 0 Å². The largest absolute Gasteiger partial charge is 0.465 e. The zero-order chi connectivity index (χ0) is 25.8. The molecule has 0 saturated carbocycles. The van der Waals surface area contributed by atoms with Crippen molar-refractivity contribution >= 4 is 52.3 Å². The minimum Gasteiger partial charge on any atom is -0.465 e. The lowest BCUT2D eigenvalue weighted by Gasteiger charge is -2.26. The number of halogens is 2. The van der Waals surface area contributed by atoms with E-state index in [4.69, 9.17) is 32.7 Å². The maximum atomic E-state index is 13.7. The fourth-order valence-corrected chi connectivity index (χ4v) is 4.11. The van der Waals surface area contributed by atoms with Gasteiger partial charge in [-0.2, -0.15) is 0 Å². The summed E-state index contributed by atoms with van der Waals surface area (Å²) in [6.45, 7) is 6.63. The summed E-state index contributed by atoms with van der Waals surface area (Å²) in [5, 5.41) is 3.89. The number of carbonyl (C=O) groups is 3. The van der Waals surface area contributed by atoms with Crippen LogP contribution in [0.25, 0.3) is 5.57 Å². The minimum absolute atomic E-state index is 0.178. The van der Waals surface area contributed by atoms with E-state index in [1.54, 1.807) is 64.1 Å². The quantitative estimate of drug-likeness (QED) is 0.537. The van der Waals surface area contributed by atoms with Crippen LogP contribution in [-0.2, 0) is 23.9 Å². The van der Waals surface area contributed by atoms with Crippen LogP contribution in [0.1, 0.15) is 38.8 Å². The number of carbonyl (C=O) groups excluding carboxylic acids is 3. The molecule has 2 aromatic carbocycles. The average molecular weight is 519 g/mol. The van der Waals surface area contributed by atoms with Gasteiger partial charge in [-0.3, -0.25) is 24.6 Å². The Morgan fingerprint density at radius 2 is 1.77 bits per heavy atom. The fraction of sp³-hybridized carbons (Fsp3) is 0.346. The summed E-state index contributed by atoms with van der Waals surface area (Å²) in [4.78, 5) is 39.8. The topological polar surface area (TPSA) is 84.9 Å². The molecule has 1 atom stereocenters. The van der Waals surface area contributed by atoms with Crippen LogP contribution in [0.4, 0.5) is 5.69 Å². The Morgan fingerprint density at radius 1 is 1.06 bits per heavy atom. The highest BCUT2D eigenvalue weighted by atomic mass is 35.5. The molecule has 7 nitrogen and oxygen atoms in total. The maximum absolute atomic E-state index is 13.7. The van der Waals surface area contributed by atoms with Gasteiger partial charge in [0.2, 0.25) is 5.91 Å². The van der Waals surface area contributed by atoms with E-state index in [1.807, 2.05) is 12.1 Å². The molecule has 0 fully saturated rings. The highest BCUT2D eigenvalue weighted by molar-refractivity contribution is 6.33. The Balaban J connectivity index is 2.10. The van der Waals surface area contributed by atoms with E-state index in [2.05, 4.69) is 5.32 Å². The predicted octanol–water partition coefficient (Wildman–Crippen LogP) is 4.63. The molecule has 0 radical (unpaired) electrons. The Kier molecular flexibility index (Phi) is 8.59. The van der Waals surface area contributed by atoms with Crippen LogP contribution < -0.4 is 10.2 Å². The van der Waals surface area contributed by atoms with Crippen LogP contribution in [-0.4, -0.2) is 49.2 Å². The zero-order valence-corrected chi connectivity index (χ0v) is 21.6. The number of amides is 1. The van der Waals surface area contributed by atoms with Gasteiger partial charge in [0.1, 0.15) is 18.2 Å². The molecule has 1 heterocycles. The van der Waals surface area contributed by atoms with Gasteiger partial charge in [-0.05, 0) is 63.6 Å². The molecular weight excluding hydrogens is 491 g/mol. The number of nitrogens with one attached hydrogen (secondary N) is 1. The molecule has 0 bridgehead atoms. The highest BCUT2D eigenvalue weighted by Crippen LogP contribution is 2.39. The van der Waals surface area contributed by atoms with Gasteiger partial charge in [0.15, 0.2) is 0 Å². The lowest BCUT2D eigenvalue weighted by atomic mass is 9.95. The summed E-state index contributed by atoms with van der Waals surface area (Å²) >= 11 is 12.9. The standard InChI is InChI=1S/C26H28Cl2N2O5/c1-5-34-24(32)15-30-22-11-10-16(27)12-19(22)18(17-8-6-7-9-20(17)28)13-21(25(30)33)29-14-23(31)35-26(2,3)4/h6-13,21,29H,5,14-15H2,1-4H3. The van der Waals surface area contributed by atoms with Gasteiger partial charge >= 0.3 is 11.9 Å². The van der Waals surface area contributed by atoms with Crippen LogP contribution in [0.15, 0.2) is 48.5 Å². The molecule has 1 amide bonds. The predicted molar refractivity (Wildman–Crippen MR) is 137 cm³/mol. The van der Waals surface area contributed by atoms with Crippen LogP contribution in [0.5, 0.6) is 0 Å². The second-order valence-electron chi connectivity index (χ2n) is 8.90. The molecule has 1 N–H and O–H groups in total. The van der Waals surface area contributed by atoms with Gasteiger partial charge in [0.05, 0.1) is 18.8 Å².